The van der Waals surface area contributed by atoms with Crippen LogP contribution in [0.1, 0.15) is 6.92 Å². The zero-order chi connectivity index (χ0) is 20.4. The van der Waals surface area contributed by atoms with Crippen molar-refractivity contribution in [1.82, 2.24) is 9.97 Å². The monoisotopic (exact) mass is 425 g/mol. The highest BCUT2D eigenvalue weighted by atomic mass is 32.2. The molecule has 5 rings (SSSR count). The Bertz CT molecular complexity index is 1290. The molecule has 0 atom stereocenters. The largest absolute Gasteiger partial charge is 0.361 e. The van der Waals surface area contributed by atoms with E-state index in [2.05, 4.69) is 46.1 Å². The number of para-hydroxylation sites is 1. The van der Waals surface area contributed by atoms with Gasteiger partial charge in [-0.25, -0.2) is 4.98 Å². The van der Waals surface area contributed by atoms with Gasteiger partial charge in [-0.2, -0.15) is 8.42 Å². The summed E-state index contributed by atoms with van der Waals surface area (Å²) in [6, 6.07) is 18.8. The molecule has 0 fully saturated rings. The molecule has 2 aromatic carbocycles. The van der Waals surface area contributed by atoms with E-state index < -0.39 is 10.1 Å². The Labute approximate surface area is 173 Å². The minimum atomic E-state index is -4.30. The first kappa shape index (κ1) is 19.6. The van der Waals surface area contributed by atoms with E-state index >= 15 is 0 Å². The van der Waals surface area contributed by atoms with Gasteiger partial charge >= 0.3 is 10.1 Å². The van der Waals surface area contributed by atoms with Crippen molar-refractivity contribution in [3.05, 3.63) is 66.9 Å². The fraction of sp³-hybridized carbons (Fsp3) is 0.143. The van der Waals surface area contributed by atoms with Crippen molar-refractivity contribution < 1.29 is 13.0 Å². The summed E-state index contributed by atoms with van der Waals surface area (Å²) in [4.78, 5) is 12.0. The van der Waals surface area contributed by atoms with Gasteiger partial charge in [-0.3, -0.25) is 9.54 Å². The molecule has 1 N–H and O–H groups in total. The van der Waals surface area contributed by atoms with Gasteiger partial charge in [0, 0.05) is 28.4 Å². The summed E-state index contributed by atoms with van der Waals surface area (Å²) in [6.07, 6.45) is 1.61. The van der Waals surface area contributed by atoms with Crippen molar-refractivity contribution in [2.24, 2.45) is 0 Å². The lowest BCUT2D eigenvalue weighted by Crippen LogP contribution is -2.17. The SMILES string of the molecule is CCN1CSc2ccccc21.O=S(=O)(O)c1ccc2ccc3cccnc3c2n1. The van der Waals surface area contributed by atoms with E-state index in [-0.39, 0.29) is 5.03 Å². The number of benzene rings is 2. The van der Waals surface area contributed by atoms with Crippen LogP contribution in [-0.4, -0.2) is 35.4 Å². The van der Waals surface area contributed by atoms with Crippen LogP contribution in [-0.2, 0) is 10.1 Å². The second kappa shape index (κ2) is 7.98. The third kappa shape index (κ3) is 4.05. The molecular formula is C21H19N3O3S2. The number of fused-ring (bicyclic) bond motifs is 4. The fourth-order valence-corrected chi connectivity index (χ4v) is 4.75. The van der Waals surface area contributed by atoms with Crippen LogP contribution < -0.4 is 4.90 Å². The molecule has 1 aliphatic rings. The van der Waals surface area contributed by atoms with Gasteiger partial charge in [-0.15, -0.1) is 11.8 Å². The third-order valence-corrected chi connectivity index (χ3v) is 6.49. The molecule has 0 spiro atoms. The average molecular weight is 426 g/mol. The Morgan fingerprint density at radius 3 is 2.48 bits per heavy atom. The van der Waals surface area contributed by atoms with E-state index in [0.29, 0.717) is 11.0 Å². The van der Waals surface area contributed by atoms with Crippen molar-refractivity contribution in [1.29, 1.82) is 0 Å². The molecule has 2 aromatic heterocycles. The summed E-state index contributed by atoms with van der Waals surface area (Å²) in [7, 11) is -4.30. The van der Waals surface area contributed by atoms with Crippen LogP contribution in [0.15, 0.2) is 76.8 Å². The zero-order valence-electron chi connectivity index (χ0n) is 15.7. The van der Waals surface area contributed by atoms with Gasteiger partial charge in [0.2, 0.25) is 0 Å². The van der Waals surface area contributed by atoms with Gasteiger partial charge in [0.25, 0.3) is 0 Å². The summed E-state index contributed by atoms with van der Waals surface area (Å²) in [5.41, 5.74) is 2.48. The first-order chi connectivity index (χ1) is 14.0. The summed E-state index contributed by atoms with van der Waals surface area (Å²) in [5, 5.41) is 1.27. The minimum Gasteiger partial charge on any atom is -0.361 e. The van der Waals surface area contributed by atoms with Gasteiger partial charge in [-0.05, 0) is 37.3 Å². The lowest BCUT2D eigenvalue weighted by Gasteiger charge is -2.14. The molecule has 0 unspecified atom stereocenters. The standard InChI is InChI=1S/C12H8N2O3S.C9H11NS/c15-18(16,17)10-6-5-9-4-3-8-2-1-7-13-11(8)12(9)14-10;1-2-10-7-11-9-6-4-3-5-8(9)10/h1-7H,(H,15,16,17);3-6H,2,7H2,1H3. The predicted octanol–water partition coefficient (Wildman–Crippen LogP) is 4.61. The summed E-state index contributed by atoms with van der Waals surface area (Å²) in [6.45, 7) is 3.31. The maximum Gasteiger partial charge on any atom is 0.312 e. The molecular weight excluding hydrogens is 406 g/mol. The van der Waals surface area contributed by atoms with Crippen molar-refractivity contribution >= 4 is 49.4 Å². The summed E-state index contributed by atoms with van der Waals surface area (Å²) < 4.78 is 31.2. The Morgan fingerprint density at radius 2 is 1.72 bits per heavy atom. The maximum absolute atomic E-state index is 11.1. The highest BCUT2D eigenvalue weighted by Crippen LogP contribution is 2.37. The normalized spacial score (nSPS) is 13.2. The Morgan fingerprint density at radius 1 is 1.00 bits per heavy atom. The molecule has 0 saturated heterocycles. The number of rotatable bonds is 2. The van der Waals surface area contributed by atoms with Gasteiger partial charge in [0.15, 0.2) is 5.03 Å². The number of nitrogens with zero attached hydrogens (tertiary/aromatic N) is 3. The van der Waals surface area contributed by atoms with Crippen molar-refractivity contribution in [2.45, 2.75) is 16.8 Å². The van der Waals surface area contributed by atoms with Crippen LogP contribution in [0.3, 0.4) is 0 Å². The first-order valence-electron chi connectivity index (χ1n) is 9.06. The topological polar surface area (TPSA) is 83.4 Å². The molecule has 6 nitrogen and oxygen atoms in total. The molecule has 8 heteroatoms. The van der Waals surface area contributed by atoms with E-state index in [1.165, 1.54) is 16.6 Å². The second-order valence-corrected chi connectivity index (χ2v) is 8.79. The van der Waals surface area contributed by atoms with Gasteiger partial charge < -0.3 is 4.90 Å². The van der Waals surface area contributed by atoms with Crippen LogP contribution in [0.4, 0.5) is 5.69 Å². The Hall–Kier alpha value is -2.68. The maximum atomic E-state index is 11.1. The zero-order valence-corrected chi connectivity index (χ0v) is 17.3. The van der Waals surface area contributed by atoms with Gasteiger partial charge in [-0.1, -0.05) is 30.3 Å². The van der Waals surface area contributed by atoms with Crippen LogP contribution in [0.2, 0.25) is 0 Å². The first-order valence-corrected chi connectivity index (χ1v) is 11.5. The molecule has 0 aliphatic carbocycles. The molecule has 0 saturated carbocycles. The third-order valence-electron chi connectivity index (χ3n) is 4.63. The molecule has 1 aliphatic heterocycles. The number of aromatic nitrogens is 2. The highest BCUT2D eigenvalue weighted by molar-refractivity contribution is 7.99. The summed E-state index contributed by atoms with van der Waals surface area (Å²) >= 11 is 1.93. The fourth-order valence-electron chi connectivity index (χ4n) is 3.17. The van der Waals surface area contributed by atoms with E-state index in [4.69, 9.17) is 4.55 Å². The highest BCUT2D eigenvalue weighted by Gasteiger charge is 2.16. The molecule has 0 radical (unpaired) electrons. The predicted molar refractivity (Wildman–Crippen MR) is 117 cm³/mol. The molecule has 3 heterocycles. The van der Waals surface area contributed by atoms with Crippen molar-refractivity contribution in [3.63, 3.8) is 0 Å². The molecule has 148 valence electrons. The molecule has 29 heavy (non-hydrogen) atoms. The number of hydrogen-bond acceptors (Lipinski definition) is 6. The lowest BCUT2D eigenvalue weighted by molar-refractivity contribution is 0.479. The Kier molecular flexibility index (Phi) is 5.40. The van der Waals surface area contributed by atoms with Gasteiger partial charge in [0.1, 0.15) is 0 Å². The number of anilines is 1. The second-order valence-electron chi connectivity index (χ2n) is 6.43. The minimum absolute atomic E-state index is 0.367. The molecule has 0 amide bonds. The summed E-state index contributed by atoms with van der Waals surface area (Å²) in [5.74, 6) is 1.12. The van der Waals surface area contributed by atoms with Crippen LogP contribution in [0.5, 0.6) is 0 Å². The number of pyridine rings is 2. The van der Waals surface area contributed by atoms with E-state index in [0.717, 1.165) is 23.2 Å². The van der Waals surface area contributed by atoms with Gasteiger partial charge in [0.05, 0.1) is 22.6 Å². The van der Waals surface area contributed by atoms with E-state index in [9.17, 15) is 8.42 Å². The number of hydrogen-bond donors (Lipinski definition) is 1. The smallest absolute Gasteiger partial charge is 0.312 e. The quantitative estimate of drug-likeness (QED) is 0.371. The van der Waals surface area contributed by atoms with Crippen molar-refractivity contribution in [2.75, 3.05) is 17.3 Å². The number of thioether (sulfide) groups is 1. The van der Waals surface area contributed by atoms with E-state index in [1.54, 1.807) is 18.3 Å². The molecule has 0 bridgehead atoms. The Balaban J connectivity index is 0.000000159. The van der Waals surface area contributed by atoms with Crippen LogP contribution in [0, 0.1) is 0 Å². The average Bonchev–Trinajstić information content (AvgIpc) is 3.16. The lowest BCUT2D eigenvalue weighted by atomic mass is 10.1. The molecule has 4 aromatic rings. The van der Waals surface area contributed by atoms with E-state index in [1.807, 2.05) is 30.0 Å². The van der Waals surface area contributed by atoms with Crippen LogP contribution >= 0.6 is 11.8 Å². The van der Waals surface area contributed by atoms with Crippen LogP contribution in [0.25, 0.3) is 21.8 Å². The van der Waals surface area contributed by atoms with Crippen molar-refractivity contribution in [3.8, 4) is 0 Å².